The lowest BCUT2D eigenvalue weighted by Gasteiger charge is -2.40. The summed E-state index contributed by atoms with van der Waals surface area (Å²) in [7, 11) is 0. The van der Waals surface area contributed by atoms with Crippen molar-refractivity contribution in [3.63, 3.8) is 0 Å². The van der Waals surface area contributed by atoms with Gasteiger partial charge in [0.05, 0.1) is 0 Å². The number of fused-ring (bicyclic) bond motifs is 3. The van der Waals surface area contributed by atoms with Gasteiger partial charge in [0.1, 0.15) is 17.8 Å². The summed E-state index contributed by atoms with van der Waals surface area (Å²) in [6.45, 7) is 3.51. The number of rotatable bonds is 4. The number of amides is 4. The molecule has 12 heteroatoms. The van der Waals surface area contributed by atoms with Crippen molar-refractivity contribution in [3.05, 3.63) is 69.9 Å². The van der Waals surface area contributed by atoms with E-state index in [2.05, 4.69) is 10.3 Å². The van der Waals surface area contributed by atoms with Crippen molar-refractivity contribution < 1.29 is 28.0 Å². The SMILES string of the molecule is CC(=O)N1CC[C@H]2CC[C@@H](C(=O)N3CCc4cc(Cl)ccc4C3)N2C(=O)[C@@H](NC(=O)c2cc3cc(C(C)(F)F)ccc3[nH]2)C1. The molecule has 2 aromatic carbocycles. The van der Waals surface area contributed by atoms with Gasteiger partial charge in [-0.1, -0.05) is 23.7 Å². The van der Waals surface area contributed by atoms with Crippen LogP contribution >= 0.6 is 11.6 Å². The van der Waals surface area contributed by atoms with E-state index in [0.717, 1.165) is 18.1 Å². The van der Waals surface area contributed by atoms with Crippen molar-refractivity contribution >= 4 is 46.1 Å². The first kappa shape index (κ1) is 30.1. The number of nitrogens with zero attached hydrogens (tertiary/aromatic N) is 3. The number of carbonyl (C=O) groups excluding carboxylic acids is 4. The number of hydrogen-bond acceptors (Lipinski definition) is 4. The highest BCUT2D eigenvalue weighted by Gasteiger charge is 2.46. The minimum Gasteiger partial charge on any atom is -0.351 e. The Bertz CT molecular complexity index is 1650. The Morgan fingerprint density at radius 1 is 1.00 bits per heavy atom. The summed E-state index contributed by atoms with van der Waals surface area (Å²) in [5.41, 5.74) is 2.54. The number of aromatic nitrogens is 1. The van der Waals surface area contributed by atoms with Gasteiger partial charge in [0.25, 0.3) is 11.8 Å². The molecule has 0 aliphatic carbocycles. The number of nitrogens with one attached hydrogen (secondary N) is 2. The third kappa shape index (κ3) is 5.77. The fourth-order valence-corrected chi connectivity index (χ4v) is 6.89. The predicted octanol–water partition coefficient (Wildman–Crippen LogP) is 4.23. The monoisotopic (exact) mass is 625 g/mol. The summed E-state index contributed by atoms with van der Waals surface area (Å²) in [5.74, 6) is -4.42. The molecule has 6 rings (SSSR count). The van der Waals surface area contributed by atoms with E-state index in [4.69, 9.17) is 11.6 Å². The molecule has 232 valence electrons. The van der Waals surface area contributed by atoms with Gasteiger partial charge in [0, 0.05) is 67.6 Å². The van der Waals surface area contributed by atoms with Gasteiger partial charge in [-0.25, -0.2) is 8.78 Å². The van der Waals surface area contributed by atoms with E-state index >= 15 is 0 Å². The molecule has 3 aromatic rings. The van der Waals surface area contributed by atoms with Crippen LogP contribution in [0, 0.1) is 0 Å². The molecule has 2 fully saturated rings. The van der Waals surface area contributed by atoms with Crippen LogP contribution in [0.15, 0.2) is 42.5 Å². The number of H-pyrrole nitrogens is 1. The van der Waals surface area contributed by atoms with Crippen molar-refractivity contribution in [1.82, 2.24) is 25.0 Å². The summed E-state index contributed by atoms with van der Waals surface area (Å²) in [4.78, 5) is 61.8. The Morgan fingerprint density at radius 2 is 1.80 bits per heavy atom. The maximum absolute atomic E-state index is 14.2. The average Bonchev–Trinajstić information content (AvgIpc) is 3.60. The molecule has 3 atom stereocenters. The first-order valence-corrected chi connectivity index (χ1v) is 15.2. The fourth-order valence-electron chi connectivity index (χ4n) is 6.69. The molecule has 4 heterocycles. The van der Waals surface area contributed by atoms with Gasteiger partial charge in [-0.3, -0.25) is 19.2 Å². The molecule has 1 aromatic heterocycles. The Balaban J connectivity index is 1.24. The fraction of sp³-hybridized carbons (Fsp3) is 0.438. The minimum absolute atomic E-state index is 0.0473. The van der Waals surface area contributed by atoms with E-state index in [1.807, 2.05) is 12.1 Å². The lowest BCUT2D eigenvalue weighted by atomic mass is 9.99. The standard InChI is InChI=1S/C32H34ClF2N5O4/c1-18(41)38-12-10-24-6-8-28(31(44)39-11-9-19-14-23(33)5-3-20(19)16-39)40(24)30(43)27(17-38)37-29(42)26-15-21-13-22(32(2,34)35)4-7-25(21)36-26/h3-5,7,13-15,24,27-28,36H,6,8-12,16-17H2,1-2H3,(H,37,42)/t24-,27+,28+/m1/s1. The lowest BCUT2D eigenvalue weighted by Crippen LogP contribution is -2.61. The zero-order valence-corrected chi connectivity index (χ0v) is 25.3. The molecule has 0 spiro atoms. The Hall–Kier alpha value is -3.99. The smallest absolute Gasteiger partial charge is 0.270 e. The van der Waals surface area contributed by atoms with Crippen molar-refractivity contribution in [1.29, 1.82) is 0 Å². The minimum atomic E-state index is -3.04. The summed E-state index contributed by atoms with van der Waals surface area (Å²) in [6, 6.07) is 9.18. The van der Waals surface area contributed by atoms with Gasteiger partial charge in [0.15, 0.2) is 0 Å². The molecule has 44 heavy (non-hydrogen) atoms. The topological polar surface area (TPSA) is 106 Å². The lowest BCUT2D eigenvalue weighted by molar-refractivity contribution is -0.149. The van der Waals surface area contributed by atoms with Crippen LogP contribution in [0.2, 0.25) is 5.02 Å². The molecule has 3 aliphatic heterocycles. The number of aromatic amines is 1. The maximum Gasteiger partial charge on any atom is 0.270 e. The van der Waals surface area contributed by atoms with Crippen molar-refractivity contribution in [3.8, 4) is 0 Å². The summed E-state index contributed by atoms with van der Waals surface area (Å²) < 4.78 is 27.7. The second-order valence-corrected chi connectivity index (χ2v) is 12.5. The number of benzene rings is 2. The Kier molecular flexibility index (Phi) is 7.85. The molecule has 9 nitrogen and oxygen atoms in total. The second-order valence-electron chi connectivity index (χ2n) is 12.1. The van der Waals surface area contributed by atoms with E-state index in [-0.39, 0.29) is 35.7 Å². The Labute approximate surface area is 258 Å². The van der Waals surface area contributed by atoms with Crippen LogP contribution in [0.5, 0.6) is 0 Å². The molecule has 2 N–H and O–H groups in total. The van der Waals surface area contributed by atoms with Crippen molar-refractivity contribution in [2.45, 2.75) is 70.1 Å². The second kappa shape index (κ2) is 11.5. The molecule has 0 bridgehead atoms. The Morgan fingerprint density at radius 3 is 2.55 bits per heavy atom. The molecule has 0 radical (unpaired) electrons. The van der Waals surface area contributed by atoms with E-state index in [1.165, 1.54) is 31.2 Å². The molecule has 2 saturated heterocycles. The highest BCUT2D eigenvalue weighted by molar-refractivity contribution is 6.30. The van der Waals surface area contributed by atoms with Gasteiger partial charge < -0.3 is 25.0 Å². The third-order valence-electron chi connectivity index (χ3n) is 9.09. The van der Waals surface area contributed by atoms with Gasteiger partial charge in [-0.15, -0.1) is 0 Å². The average molecular weight is 626 g/mol. The zero-order chi connectivity index (χ0) is 31.3. The first-order valence-electron chi connectivity index (χ1n) is 14.8. The highest BCUT2D eigenvalue weighted by Crippen LogP contribution is 2.33. The summed E-state index contributed by atoms with van der Waals surface area (Å²) in [5, 5.41) is 3.86. The van der Waals surface area contributed by atoms with Crippen LogP contribution in [-0.2, 0) is 33.3 Å². The van der Waals surface area contributed by atoms with Crippen LogP contribution in [-0.4, -0.2) is 81.1 Å². The van der Waals surface area contributed by atoms with Crippen molar-refractivity contribution in [2.24, 2.45) is 0 Å². The van der Waals surface area contributed by atoms with Crippen LogP contribution in [0.4, 0.5) is 8.78 Å². The van der Waals surface area contributed by atoms with Gasteiger partial charge in [0.2, 0.25) is 17.7 Å². The molecular weight excluding hydrogens is 592 g/mol. The molecule has 4 amide bonds. The number of carbonyl (C=O) groups is 4. The number of hydrogen-bond donors (Lipinski definition) is 2. The van der Waals surface area contributed by atoms with E-state index in [9.17, 15) is 28.0 Å². The maximum atomic E-state index is 14.2. The molecule has 3 aliphatic rings. The quantitative estimate of drug-likeness (QED) is 0.453. The van der Waals surface area contributed by atoms with Gasteiger partial charge >= 0.3 is 0 Å². The van der Waals surface area contributed by atoms with Crippen molar-refractivity contribution in [2.75, 3.05) is 19.6 Å². The third-order valence-corrected chi connectivity index (χ3v) is 9.33. The van der Waals surface area contributed by atoms with E-state index in [0.29, 0.717) is 61.2 Å². The van der Waals surface area contributed by atoms with Crippen LogP contribution < -0.4 is 5.32 Å². The predicted molar refractivity (Wildman–Crippen MR) is 160 cm³/mol. The van der Waals surface area contributed by atoms with Gasteiger partial charge in [-0.05, 0) is 67.1 Å². The normalized spacial score (nSPS) is 22.3. The largest absolute Gasteiger partial charge is 0.351 e. The number of alkyl halides is 2. The number of halogens is 3. The van der Waals surface area contributed by atoms with E-state index in [1.54, 1.807) is 20.8 Å². The van der Waals surface area contributed by atoms with Crippen LogP contribution in [0.3, 0.4) is 0 Å². The molecular formula is C32H34ClF2N5O4. The summed E-state index contributed by atoms with van der Waals surface area (Å²) in [6.07, 6.45) is 2.30. The van der Waals surface area contributed by atoms with E-state index < -0.39 is 29.8 Å². The van der Waals surface area contributed by atoms with Crippen LogP contribution in [0.25, 0.3) is 10.9 Å². The van der Waals surface area contributed by atoms with Gasteiger partial charge in [-0.2, -0.15) is 0 Å². The summed E-state index contributed by atoms with van der Waals surface area (Å²) >= 11 is 6.15. The first-order chi connectivity index (χ1) is 20.9. The zero-order valence-electron chi connectivity index (χ0n) is 24.5. The van der Waals surface area contributed by atoms with Crippen LogP contribution in [0.1, 0.15) is 60.3 Å². The molecule has 0 unspecified atom stereocenters. The molecule has 0 saturated carbocycles. The highest BCUT2D eigenvalue weighted by atomic mass is 35.5.